The van der Waals surface area contributed by atoms with Crippen molar-refractivity contribution in [1.82, 2.24) is 4.90 Å². The van der Waals surface area contributed by atoms with Gasteiger partial charge in [-0.1, -0.05) is 18.2 Å². The van der Waals surface area contributed by atoms with Crippen LogP contribution in [0.5, 0.6) is 0 Å². The van der Waals surface area contributed by atoms with Gasteiger partial charge in [-0.15, -0.1) is 0 Å². The molecule has 1 fully saturated rings. The third kappa shape index (κ3) is 5.05. The summed E-state index contributed by atoms with van der Waals surface area (Å²) in [5, 5.41) is 8.11. The summed E-state index contributed by atoms with van der Waals surface area (Å²) < 4.78 is 4.75. The van der Waals surface area contributed by atoms with E-state index < -0.39 is 29.6 Å². The minimum atomic E-state index is -1.06. The van der Waals surface area contributed by atoms with Gasteiger partial charge in [0, 0.05) is 6.08 Å². The topological polar surface area (TPSA) is 101 Å². The Bertz CT molecular complexity index is 783. The normalized spacial score (nSPS) is 16.0. The van der Waals surface area contributed by atoms with Crippen LogP contribution in [0.25, 0.3) is 12.2 Å². The van der Waals surface area contributed by atoms with Crippen LogP contribution in [0.3, 0.4) is 0 Å². The smallest absolute Gasteiger partial charge is 0.328 e. The number of imide groups is 1. The number of rotatable bonds is 6. The van der Waals surface area contributed by atoms with Gasteiger partial charge in [-0.25, -0.2) is 4.79 Å². The molecule has 8 heteroatoms. The number of carbonyl (C=O) groups excluding carboxylic acids is 3. The Labute approximate surface area is 147 Å². The highest BCUT2D eigenvalue weighted by molar-refractivity contribution is 8.18. The molecule has 1 N–H and O–H groups in total. The Morgan fingerprint density at radius 3 is 2.68 bits per heavy atom. The molecule has 0 unspecified atom stereocenters. The van der Waals surface area contributed by atoms with Crippen molar-refractivity contribution in [2.45, 2.75) is 6.92 Å². The summed E-state index contributed by atoms with van der Waals surface area (Å²) in [7, 11) is 0. The molecule has 0 aromatic heterocycles. The predicted molar refractivity (Wildman–Crippen MR) is 92.4 cm³/mol. The number of carboxylic acids is 1. The van der Waals surface area contributed by atoms with Crippen LogP contribution in [0.2, 0.25) is 0 Å². The molecule has 0 spiro atoms. The highest BCUT2D eigenvalue weighted by Crippen LogP contribution is 2.32. The van der Waals surface area contributed by atoms with Gasteiger partial charge in [0.25, 0.3) is 11.1 Å². The summed E-state index contributed by atoms with van der Waals surface area (Å²) in [6.45, 7) is 1.39. The first-order valence-corrected chi connectivity index (χ1v) is 8.14. The van der Waals surface area contributed by atoms with E-state index in [0.717, 1.165) is 22.7 Å². The first kappa shape index (κ1) is 18.5. The van der Waals surface area contributed by atoms with E-state index in [4.69, 9.17) is 9.84 Å². The van der Waals surface area contributed by atoms with E-state index in [1.165, 1.54) is 12.2 Å². The van der Waals surface area contributed by atoms with Crippen molar-refractivity contribution in [1.29, 1.82) is 0 Å². The number of amides is 2. The lowest BCUT2D eigenvalue weighted by Gasteiger charge is -2.10. The van der Waals surface area contributed by atoms with E-state index in [9.17, 15) is 19.2 Å². The van der Waals surface area contributed by atoms with Gasteiger partial charge in [0.15, 0.2) is 0 Å². The molecule has 2 amide bonds. The van der Waals surface area contributed by atoms with Crippen molar-refractivity contribution < 1.29 is 29.0 Å². The maximum absolute atomic E-state index is 12.3. The van der Waals surface area contributed by atoms with Crippen molar-refractivity contribution in [3.05, 3.63) is 46.4 Å². The van der Waals surface area contributed by atoms with Gasteiger partial charge in [0.1, 0.15) is 6.54 Å². The van der Waals surface area contributed by atoms with E-state index in [1.807, 2.05) is 0 Å². The lowest BCUT2D eigenvalue weighted by molar-refractivity contribution is -0.146. The summed E-state index contributed by atoms with van der Waals surface area (Å²) in [6.07, 6.45) is 3.95. The standard InChI is InChI=1S/C17H15NO6S/c1-2-24-15(21)10-18-16(22)13(25-17(18)23)9-12-5-3-4-11(8-12)6-7-14(19)20/h3-9H,2,10H2,1H3,(H,19,20)/b7-6+,13-9-. The molecule has 7 nitrogen and oxygen atoms in total. The van der Waals surface area contributed by atoms with Crippen LogP contribution >= 0.6 is 11.8 Å². The molecular weight excluding hydrogens is 346 g/mol. The van der Waals surface area contributed by atoms with Gasteiger partial charge < -0.3 is 9.84 Å². The summed E-state index contributed by atoms with van der Waals surface area (Å²) >= 11 is 0.739. The van der Waals surface area contributed by atoms with Crippen LogP contribution in [-0.4, -0.2) is 46.2 Å². The number of carboxylic acid groups (broad SMARTS) is 1. The average Bonchev–Trinajstić information content (AvgIpc) is 2.81. The van der Waals surface area contributed by atoms with E-state index in [-0.39, 0.29) is 11.5 Å². The fourth-order valence-corrected chi connectivity index (χ4v) is 2.88. The number of ether oxygens (including phenoxy) is 1. The largest absolute Gasteiger partial charge is 0.478 e. The maximum atomic E-state index is 12.3. The first-order valence-electron chi connectivity index (χ1n) is 7.32. The minimum Gasteiger partial charge on any atom is -0.478 e. The number of nitrogens with zero attached hydrogens (tertiary/aromatic N) is 1. The van der Waals surface area contributed by atoms with Gasteiger partial charge in [-0.05, 0) is 48.0 Å². The summed E-state index contributed by atoms with van der Waals surface area (Å²) in [6, 6.07) is 6.82. The minimum absolute atomic E-state index is 0.168. The highest BCUT2D eigenvalue weighted by Gasteiger charge is 2.36. The molecule has 0 bridgehead atoms. The Balaban J connectivity index is 2.17. The SMILES string of the molecule is CCOC(=O)CN1C(=O)S/C(=C\c2cccc(/C=C/C(=O)O)c2)C1=O. The summed E-state index contributed by atoms with van der Waals surface area (Å²) in [5.74, 6) is -2.27. The van der Waals surface area contributed by atoms with E-state index >= 15 is 0 Å². The lowest BCUT2D eigenvalue weighted by Crippen LogP contribution is -2.34. The molecule has 2 rings (SSSR count). The van der Waals surface area contributed by atoms with Crippen LogP contribution in [-0.2, 0) is 19.1 Å². The van der Waals surface area contributed by atoms with Crippen LogP contribution in [0.15, 0.2) is 35.2 Å². The van der Waals surface area contributed by atoms with Gasteiger partial charge in [0.05, 0.1) is 11.5 Å². The Morgan fingerprint density at radius 2 is 2.00 bits per heavy atom. The molecule has 0 atom stereocenters. The first-order chi connectivity index (χ1) is 11.9. The Kier molecular flexibility index (Phi) is 6.13. The third-order valence-corrected chi connectivity index (χ3v) is 4.00. The number of benzene rings is 1. The molecule has 1 aliphatic rings. The predicted octanol–water partition coefficient (Wildman–Crippen LogP) is 2.38. The molecule has 130 valence electrons. The zero-order chi connectivity index (χ0) is 18.4. The molecular formula is C17H15NO6S. The van der Waals surface area contributed by atoms with Crippen molar-refractivity contribution in [3.8, 4) is 0 Å². The number of aliphatic carboxylic acids is 1. The monoisotopic (exact) mass is 361 g/mol. The number of hydrogen-bond donors (Lipinski definition) is 1. The number of esters is 1. The lowest BCUT2D eigenvalue weighted by atomic mass is 10.1. The zero-order valence-electron chi connectivity index (χ0n) is 13.3. The zero-order valence-corrected chi connectivity index (χ0v) is 14.1. The van der Waals surface area contributed by atoms with Crippen molar-refractivity contribution in [3.63, 3.8) is 0 Å². The molecule has 1 aliphatic heterocycles. The number of hydrogen-bond acceptors (Lipinski definition) is 6. The second-order valence-electron chi connectivity index (χ2n) is 4.91. The highest BCUT2D eigenvalue weighted by atomic mass is 32.2. The van der Waals surface area contributed by atoms with Gasteiger partial charge in [-0.3, -0.25) is 19.3 Å². The average molecular weight is 361 g/mol. The fourth-order valence-electron chi connectivity index (χ4n) is 2.04. The fraction of sp³-hybridized carbons (Fsp3) is 0.176. The van der Waals surface area contributed by atoms with Crippen molar-refractivity contribution in [2.75, 3.05) is 13.2 Å². The Morgan fingerprint density at radius 1 is 1.28 bits per heavy atom. The van der Waals surface area contributed by atoms with Crippen molar-refractivity contribution in [2.24, 2.45) is 0 Å². The summed E-state index contributed by atoms with van der Waals surface area (Å²) in [4.78, 5) is 47.2. The van der Waals surface area contributed by atoms with Crippen molar-refractivity contribution >= 4 is 47.0 Å². The van der Waals surface area contributed by atoms with E-state index in [0.29, 0.717) is 11.1 Å². The molecule has 0 aliphatic carbocycles. The van der Waals surface area contributed by atoms with Crippen LogP contribution in [0, 0.1) is 0 Å². The number of thioether (sulfide) groups is 1. The van der Waals surface area contributed by atoms with Gasteiger partial charge in [0.2, 0.25) is 0 Å². The van der Waals surface area contributed by atoms with Crippen LogP contribution < -0.4 is 0 Å². The molecule has 0 radical (unpaired) electrons. The molecule has 1 heterocycles. The van der Waals surface area contributed by atoms with E-state index in [2.05, 4.69) is 0 Å². The second-order valence-corrected chi connectivity index (χ2v) is 5.91. The van der Waals surface area contributed by atoms with Gasteiger partial charge >= 0.3 is 11.9 Å². The quantitative estimate of drug-likeness (QED) is 0.613. The van der Waals surface area contributed by atoms with E-state index in [1.54, 1.807) is 31.2 Å². The molecule has 0 saturated carbocycles. The molecule has 1 saturated heterocycles. The third-order valence-electron chi connectivity index (χ3n) is 3.09. The molecule has 25 heavy (non-hydrogen) atoms. The second kappa shape index (κ2) is 8.29. The van der Waals surface area contributed by atoms with Crippen LogP contribution in [0.4, 0.5) is 4.79 Å². The maximum Gasteiger partial charge on any atom is 0.328 e. The molecule has 1 aromatic rings. The van der Waals surface area contributed by atoms with Crippen LogP contribution in [0.1, 0.15) is 18.1 Å². The number of carbonyl (C=O) groups is 4. The van der Waals surface area contributed by atoms with Gasteiger partial charge in [-0.2, -0.15) is 0 Å². The summed E-state index contributed by atoms with van der Waals surface area (Å²) in [5.41, 5.74) is 1.27. The molecule has 1 aromatic carbocycles. The Hall–Kier alpha value is -2.87.